The van der Waals surface area contributed by atoms with Gasteiger partial charge in [0.25, 0.3) is 0 Å². The van der Waals surface area contributed by atoms with Crippen LogP contribution in [0.1, 0.15) is 46.5 Å². The van der Waals surface area contributed by atoms with E-state index in [1.807, 2.05) is 20.8 Å². The first kappa shape index (κ1) is 16.2. The largest absolute Gasteiger partial charge is 0.444 e. The van der Waals surface area contributed by atoms with E-state index in [1.54, 1.807) is 7.05 Å². The van der Waals surface area contributed by atoms with Crippen LogP contribution in [0.25, 0.3) is 0 Å². The van der Waals surface area contributed by atoms with E-state index in [-0.39, 0.29) is 5.92 Å². The van der Waals surface area contributed by atoms with Crippen LogP contribution in [-0.4, -0.2) is 47.4 Å². The topological polar surface area (TPSA) is 75.8 Å². The molecule has 0 aromatic heterocycles. The molecule has 2 atom stereocenters. The van der Waals surface area contributed by atoms with Crippen molar-refractivity contribution in [3.8, 4) is 0 Å². The van der Waals surface area contributed by atoms with E-state index in [2.05, 4.69) is 0 Å². The molecule has 0 saturated heterocycles. The van der Waals surface area contributed by atoms with E-state index in [1.165, 1.54) is 4.90 Å². The molecule has 0 spiro atoms. The third-order valence-electron chi connectivity index (χ3n) is 3.51. The Hall–Kier alpha value is -0.810. The number of nitrogens with two attached hydrogens (primary N) is 1. The van der Waals surface area contributed by atoms with Crippen LogP contribution in [0.4, 0.5) is 4.79 Å². The molecule has 0 aromatic carbocycles. The van der Waals surface area contributed by atoms with Gasteiger partial charge in [-0.05, 0) is 39.5 Å². The number of aliphatic hydroxyl groups is 1. The summed E-state index contributed by atoms with van der Waals surface area (Å²) in [5.41, 5.74) is 5.49. The van der Waals surface area contributed by atoms with E-state index in [4.69, 9.17) is 10.5 Å². The minimum atomic E-state index is -0.535. The molecule has 0 aliphatic heterocycles. The van der Waals surface area contributed by atoms with E-state index in [0.29, 0.717) is 6.54 Å². The second-order valence-corrected chi connectivity index (χ2v) is 6.56. The molecule has 112 valence electrons. The minimum Gasteiger partial charge on any atom is -0.444 e. The third-order valence-corrected chi connectivity index (χ3v) is 3.51. The van der Waals surface area contributed by atoms with Crippen LogP contribution >= 0.6 is 0 Å². The number of aliphatic hydroxyl groups excluding tert-OH is 1. The Kier molecular flexibility index (Phi) is 5.62. The first-order chi connectivity index (χ1) is 8.70. The van der Waals surface area contributed by atoms with Crippen molar-refractivity contribution in [2.75, 3.05) is 13.6 Å². The van der Waals surface area contributed by atoms with Gasteiger partial charge in [-0.15, -0.1) is 0 Å². The summed E-state index contributed by atoms with van der Waals surface area (Å²) in [7, 11) is 1.65. The quantitative estimate of drug-likeness (QED) is 0.817. The van der Waals surface area contributed by atoms with Crippen LogP contribution in [0, 0.1) is 5.92 Å². The van der Waals surface area contributed by atoms with Crippen LogP contribution in [0.3, 0.4) is 0 Å². The molecule has 0 unspecified atom stereocenters. The zero-order chi connectivity index (χ0) is 14.6. The molecule has 3 N–H and O–H groups in total. The number of likely N-dealkylation sites (N-methyl/N-ethyl adjacent to an activating group) is 1. The Labute approximate surface area is 116 Å². The van der Waals surface area contributed by atoms with Gasteiger partial charge in [-0.25, -0.2) is 4.79 Å². The second-order valence-electron chi connectivity index (χ2n) is 6.56. The number of amides is 1. The number of ether oxygens (including phenoxy) is 1. The van der Waals surface area contributed by atoms with Crippen molar-refractivity contribution in [1.82, 2.24) is 4.90 Å². The number of nitrogens with zero attached hydrogens (tertiary/aromatic N) is 1. The van der Waals surface area contributed by atoms with Crippen LogP contribution in [0.2, 0.25) is 0 Å². The highest BCUT2D eigenvalue weighted by molar-refractivity contribution is 5.67. The first-order valence-electron chi connectivity index (χ1n) is 7.08. The number of carbonyl (C=O) groups is 1. The number of carbonyl (C=O) groups excluding carboxylic acids is 1. The second kappa shape index (κ2) is 6.57. The van der Waals surface area contributed by atoms with Gasteiger partial charge in [-0.1, -0.05) is 12.8 Å². The maximum atomic E-state index is 11.8. The van der Waals surface area contributed by atoms with Crippen molar-refractivity contribution in [3.63, 3.8) is 0 Å². The lowest BCUT2D eigenvalue weighted by atomic mass is 9.95. The fraction of sp³-hybridized carbons (Fsp3) is 0.929. The summed E-state index contributed by atoms with van der Waals surface area (Å²) >= 11 is 0. The first-order valence-corrected chi connectivity index (χ1v) is 7.08. The van der Waals surface area contributed by atoms with E-state index in [0.717, 1.165) is 25.7 Å². The zero-order valence-corrected chi connectivity index (χ0v) is 12.6. The van der Waals surface area contributed by atoms with Gasteiger partial charge in [0.15, 0.2) is 0 Å². The lowest BCUT2D eigenvalue weighted by molar-refractivity contribution is 0.0215. The molecule has 1 saturated carbocycles. The Bertz CT molecular complexity index is 296. The van der Waals surface area contributed by atoms with Crippen molar-refractivity contribution in [2.24, 2.45) is 11.7 Å². The van der Waals surface area contributed by atoms with Crippen LogP contribution in [0.15, 0.2) is 0 Å². The van der Waals surface area contributed by atoms with Gasteiger partial charge in [0.05, 0.1) is 6.10 Å². The number of hydrogen-bond donors (Lipinski definition) is 2. The predicted octanol–water partition coefficient (Wildman–Crippen LogP) is 1.73. The SMILES string of the molecule is CN(C[C@@H](N)[C@@H](O)C1CCCC1)C(=O)OC(C)(C)C. The van der Waals surface area contributed by atoms with Crippen molar-refractivity contribution in [2.45, 2.75) is 64.2 Å². The molecule has 0 heterocycles. The standard InChI is InChI=1S/C14H28N2O3/c1-14(2,3)19-13(18)16(4)9-11(15)12(17)10-7-5-6-8-10/h10-12,17H,5-9,15H2,1-4H3/t11-,12+/m1/s1. The molecule has 5 nitrogen and oxygen atoms in total. The molecule has 1 aliphatic rings. The fourth-order valence-electron chi connectivity index (χ4n) is 2.49. The molecule has 1 rings (SSSR count). The molecule has 5 heteroatoms. The highest BCUT2D eigenvalue weighted by Gasteiger charge is 2.30. The summed E-state index contributed by atoms with van der Waals surface area (Å²) in [4.78, 5) is 13.2. The van der Waals surface area contributed by atoms with Gasteiger partial charge in [-0.3, -0.25) is 0 Å². The Balaban J connectivity index is 2.42. The molecule has 0 bridgehead atoms. The molecular formula is C14H28N2O3. The molecule has 0 radical (unpaired) electrons. The maximum absolute atomic E-state index is 11.8. The van der Waals surface area contributed by atoms with Gasteiger partial charge in [0.2, 0.25) is 0 Å². The summed E-state index contributed by atoms with van der Waals surface area (Å²) in [6, 6.07) is -0.416. The predicted molar refractivity (Wildman–Crippen MR) is 74.8 cm³/mol. The Morgan fingerprint density at radius 2 is 1.95 bits per heavy atom. The van der Waals surface area contributed by atoms with Gasteiger partial charge in [0, 0.05) is 19.6 Å². The van der Waals surface area contributed by atoms with Crippen LogP contribution in [0.5, 0.6) is 0 Å². The number of rotatable bonds is 4. The van der Waals surface area contributed by atoms with Crippen molar-refractivity contribution < 1.29 is 14.6 Å². The lowest BCUT2D eigenvalue weighted by Crippen LogP contribution is -2.48. The van der Waals surface area contributed by atoms with Gasteiger partial charge >= 0.3 is 6.09 Å². The Morgan fingerprint density at radius 3 is 2.42 bits per heavy atom. The third kappa shape index (κ3) is 5.37. The Morgan fingerprint density at radius 1 is 1.42 bits per heavy atom. The summed E-state index contributed by atoms with van der Waals surface area (Å²) < 4.78 is 5.26. The molecule has 1 amide bonds. The summed E-state index contributed by atoms with van der Waals surface area (Å²) in [6.45, 7) is 5.79. The summed E-state index contributed by atoms with van der Waals surface area (Å²) in [5, 5.41) is 10.2. The summed E-state index contributed by atoms with van der Waals surface area (Å²) in [5.74, 6) is 0.280. The monoisotopic (exact) mass is 272 g/mol. The van der Waals surface area contributed by atoms with E-state index in [9.17, 15) is 9.90 Å². The van der Waals surface area contributed by atoms with Crippen LogP contribution in [-0.2, 0) is 4.74 Å². The van der Waals surface area contributed by atoms with Gasteiger partial charge in [0.1, 0.15) is 5.60 Å². The van der Waals surface area contributed by atoms with Crippen molar-refractivity contribution in [1.29, 1.82) is 0 Å². The van der Waals surface area contributed by atoms with Crippen molar-refractivity contribution in [3.05, 3.63) is 0 Å². The van der Waals surface area contributed by atoms with Crippen LogP contribution < -0.4 is 5.73 Å². The lowest BCUT2D eigenvalue weighted by Gasteiger charge is -2.29. The molecule has 1 aliphatic carbocycles. The smallest absolute Gasteiger partial charge is 0.410 e. The number of hydrogen-bond acceptors (Lipinski definition) is 4. The summed E-state index contributed by atoms with van der Waals surface area (Å²) in [6.07, 6.45) is 3.46. The molecular weight excluding hydrogens is 244 g/mol. The van der Waals surface area contributed by atoms with Crippen molar-refractivity contribution >= 4 is 6.09 Å². The molecule has 19 heavy (non-hydrogen) atoms. The highest BCUT2D eigenvalue weighted by Crippen LogP contribution is 2.28. The van der Waals surface area contributed by atoms with Gasteiger partial charge < -0.3 is 20.5 Å². The van der Waals surface area contributed by atoms with E-state index < -0.39 is 23.8 Å². The van der Waals surface area contributed by atoms with Gasteiger partial charge in [-0.2, -0.15) is 0 Å². The molecule has 0 aromatic rings. The molecule has 1 fully saturated rings. The normalized spacial score (nSPS) is 20.1. The van der Waals surface area contributed by atoms with E-state index >= 15 is 0 Å². The average Bonchev–Trinajstić information content (AvgIpc) is 2.78. The fourth-order valence-corrected chi connectivity index (χ4v) is 2.49. The zero-order valence-electron chi connectivity index (χ0n) is 12.6. The highest BCUT2D eigenvalue weighted by atomic mass is 16.6. The minimum absolute atomic E-state index is 0.280. The maximum Gasteiger partial charge on any atom is 0.410 e. The average molecular weight is 272 g/mol.